The summed E-state index contributed by atoms with van der Waals surface area (Å²) in [6.07, 6.45) is -1.59. The van der Waals surface area contributed by atoms with E-state index >= 15 is 0 Å². The van der Waals surface area contributed by atoms with Gasteiger partial charge in [-0.05, 0) is 17.7 Å². The van der Waals surface area contributed by atoms with Crippen molar-refractivity contribution in [1.82, 2.24) is 15.1 Å². The van der Waals surface area contributed by atoms with Crippen molar-refractivity contribution in [2.24, 2.45) is 7.05 Å². The molecule has 0 spiro atoms. The second-order valence-corrected chi connectivity index (χ2v) is 5.94. The standard InChI is InChI=1S/C15H13ClF3N3O/c1-22-7-10(12(21-22)13(17)18)14(23)20-11-6-15(11,19)8-2-4-9(16)5-3-8/h2-5,7,11,13H,6H2,1H3,(H,20,23)/t11-,15?/m0/s1. The number of carbonyl (C=O) groups excluding carboxylic acids is 1. The Kier molecular flexibility index (Phi) is 3.83. The summed E-state index contributed by atoms with van der Waals surface area (Å²) >= 11 is 5.76. The van der Waals surface area contributed by atoms with Gasteiger partial charge in [0.15, 0.2) is 5.67 Å². The van der Waals surface area contributed by atoms with Crippen LogP contribution in [0.15, 0.2) is 30.5 Å². The lowest BCUT2D eigenvalue weighted by molar-refractivity contribution is 0.0926. The van der Waals surface area contributed by atoms with Crippen LogP contribution >= 0.6 is 11.6 Å². The number of nitrogens with zero attached hydrogens (tertiary/aromatic N) is 2. The van der Waals surface area contributed by atoms with E-state index < -0.39 is 29.7 Å². The third kappa shape index (κ3) is 2.93. The van der Waals surface area contributed by atoms with Gasteiger partial charge in [-0.2, -0.15) is 5.10 Å². The molecule has 23 heavy (non-hydrogen) atoms. The number of hydrogen-bond donors (Lipinski definition) is 1. The van der Waals surface area contributed by atoms with E-state index in [0.29, 0.717) is 10.6 Å². The van der Waals surface area contributed by atoms with Crippen LogP contribution in [0.2, 0.25) is 5.02 Å². The lowest BCUT2D eigenvalue weighted by atomic mass is 10.1. The minimum absolute atomic E-state index is 0.0879. The summed E-state index contributed by atoms with van der Waals surface area (Å²) in [6.45, 7) is 0. The lowest BCUT2D eigenvalue weighted by Gasteiger charge is -2.10. The van der Waals surface area contributed by atoms with Crippen molar-refractivity contribution in [1.29, 1.82) is 0 Å². The van der Waals surface area contributed by atoms with Crippen LogP contribution in [0, 0.1) is 0 Å². The molecule has 1 aliphatic rings. The normalized spacial score (nSPS) is 23.1. The Labute approximate surface area is 135 Å². The molecule has 1 aliphatic carbocycles. The molecule has 1 N–H and O–H groups in total. The molecule has 2 aromatic rings. The fraction of sp³-hybridized carbons (Fsp3) is 0.333. The molecule has 2 atom stereocenters. The maximum atomic E-state index is 14.7. The first-order valence-corrected chi connectivity index (χ1v) is 7.26. The molecule has 1 aromatic carbocycles. The van der Waals surface area contributed by atoms with Crippen molar-refractivity contribution in [2.45, 2.75) is 24.6 Å². The molecule has 0 radical (unpaired) electrons. The predicted octanol–water partition coefficient (Wildman–Crippen LogP) is 3.38. The Morgan fingerprint density at radius 1 is 1.43 bits per heavy atom. The summed E-state index contributed by atoms with van der Waals surface area (Å²) in [6, 6.07) is 5.45. The number of carbonyl (C=O) groups is 1. The average Bonchev–Trinajstić information content (AvgIpc) is 2.96. The molecule has 1 unspecified atom stereocenters. The lowest BCUT2D eigenvalue weighted by Crippen LogP contribution is -2.30. The van der Waals surface area contributed by atoms with Gasteiger partial charge >= 0.3 is 0 Å². The second kappa shape index (κ2) is 5.56. The van der Waals surface area contributed by atoms with Gasteiger partial charge in [0, 0.05) is 24.7 Å². The SMILES string of the molecule is Cn1cc(C(=O)N[C@H]2CC2(F)c2ccc(Cl)cc2)c(C(F)F)n1. The zero-order chi connectivity index (χ0) is 16.8. The Bertz CT molecular complexity index is 747. The van der Waals surface area contributed by atoms with Gasteiger partial charge in [-0.3, -0.25) is 9.48 Å². The Morgan fingerprint density at radius 2 is 2.09 bits per heavy atom. The smallest absolute Gasteiger partial charge is 0.282 e. The van der Waals surface area contributed by atoms with Crippen LogP contribution in [0.4, 0.5) is 13.2 Å². The Hall–Kier alpha value is -2.02. The molecule has 1 aromatic heterocycles. The number of alkyl halides is 3. The summed E-state index contributed by atoms with van der Waals surface area (Å²) in [5.74, 6) is -0.758. The van der Waals surface area contributed by atoms with E-state index in [1.165, 1.54) is 13.2 Å². The molecule has 1 fully saturated rings. The van der Waals surface area contributed by atoms with Crippen LogP contribution in [0.5, 0.6) is 0 Å². The van der Waals surface area contributed by atoms with Gasteiger partial charge in [-0.15, -0.1) is 0 Å². The molecule has 0 saturated heterocycles. The first kappa shape index (κ1) is 15.9. The van der Waals surface area contributed by atoms with Gasteiger partial charge in [0.2, 0.25) is 0 Å². The van der Waals surface area contributed by atoms with E-state index in [1.54, 1.807) is 24.3 Å². The zero-order valence-corrected chi connectivity index (χ0v) is 12.8. The van der Waals surface area contributed by atoms with Crippen LogP contribution in [0.1, 0.15) is 34.5 Å². The fourth-order valence-electron chi connectivity index (χ4n) is 2.53. The first-order chi connectivity index (χ1) is 10.8. The van der Waals surface area contributed by atoms with E-state index in [2.05, 4.69) is 10.4 Å². The van der Waals surface area contributed by atoms with E-state index in [-0.39, 0.29) is 12.0 Å². The maximum Gasteiger partial charge on any atom is 0.282 e. The fourth-order valence-corrected chi connectivity index (χ4v) is 2.65. The number of amides is 1. The summed E-state index contributed by atoms with van der Waals surface area (Å²) in [5, 5.41) is 6.49. The largest absolute Gasteiger partial charge is 0.345 e. The van der Waals surface area contributed by atoms with Crippen LogP contribution in [0.3, 0.4) is 0 Å². The van der Waals surface area contributed by atoms with Gasteiger partial charge in [0.1, 0.15) is 5.69 Å². The summed E-state index contributed by atoms with van der Waals surface area (Å²) in [4.78, 5) is 12.1. The number of aryl methyl sites for hydroxylation is 1. The molecule has 8 heteroatoms. The zero-order valence-electron chi connectivity index (χ0n) is 12.1. The van der Waals surface area contributed by atoms with Gasteiger partial charge in [0.25, 0.3) is 12.3 Å². The quantitative estimate of drug-likeness (QED) is 0.925. The van der Waals surface area contributed by atoms with E-state index in [1.807, 2.05) is 0 Å². The number of benzene rings is 1. The number of hydrogen-bond acceptors (Lipinski definition) is 2. The minimum Gasteiger partial charge on any atom is -0.345 e. The summed E-state index contributed by atoms with van der Waals surface area (Å²) < 4.78 is 41.6. The van der Waals surface area contributed by atoms with E-state index in [4.69, 9.17) is 11.6 Å². The molecule has 0 bridgehead atoms. The number of aromatic nitrogens is 2. The third-order valence-electron chi connectivity index (χ3n) is 3.83. The van der Waals surface area contributed by atoms with Crippen molar-refractivity contribution in [2.75, 3.05) is 0 Å². The highest BCUT2D eigenvalue weighted by molar-refractivity contribution is 6.30. The number of rotatable bonds is 4. The van der Waals surface area contributed by atoms with Crippen molar-refractivity contribution in [3.63, 3.8) is 0 Å². The topological polar surface area (TPSA) is 46.9 Å². The van der Waals surface area contributed by atoms with E-state index in [0.717, 1.165) is 4.68 Å². The van der Waals surface area contributed by atoms with Crippen molar-refractivity contribution >= 4 is 17.5 Å². The molecule has 3 rings (SSSR count). The Morgan fingerprint density at radius 3 is 2.70 bits per heavy atom. The highest BCUT2D eigenvalue weighted by Gasteiger charge is 2.57. The highest BCUT2D eigenvalue weighted by atomic mass is 35.5. The van der Waals surface area contributed by atoms with Crippen molar-refractivity contribution < 1.29 is 18.0 Å². The van der Waals surface area contributed by atoms with Gasteiger partial charge in [0.05, 0.1) is 11.6 Å². The molecular formula is C15H13ClF3N3O. The first-order valence-electron chi connectivity index (χ1n) is 6.89. The third-order valence-corrected chi connectivity index (χ3v) is 4.08. The molecule has 0 aliphatic heterocycles. The highest BCUT2D eigenvalue weighted by Crippen LogP contribution is 2.50. The molecule has 122 valence electrons. The van der Waals surface area contributed by atoms with Crippen LogP contribution in [-0.2, 0) is 12.7 Å². The maximum absolute atomic E-state index is 14.7. The molecule has 1 amide bonds. The Balaban J connectivity index is 1.74. The second-order valence-electron chi connectivity index (χ2n) is 5.50. The van der Waals surface area contributed by atoms with Gasteiger partial charge in [-0.1, -0.05) is 23.7 Å². The van der Waals surface area contributed by atoms with Crippen LogP contribution < -0.4 is 5.32 Å². The van der Waals surface area contributed by atoms with Gasteiger partial charge < -0.3 is 5.32 Å². The van der Waals surface area contributed by atoms with Crippen LogP contribution in [0.25, 0.3) is 0 Å². The average molecular weight is 344 g/mol. The summed E-state index contributed by atoms with van der Waals surface area (Å²) in [5.41, 5.74) is -2.16. The summed E-state index contributed by atoms with van der Waals surface area (Å²) in [7, 11) is 1.44. The van der Waals surface area contributed by atoms with Crippen molar-refractivity contribution in [3.8, 4) is 0 Å². The van der Waals surface area contributed by atoms with Crippen LogP contribution in [-0.4, -0.2) is 21.7 Å². The number of halogens is 4. The molecular weight excluding hydrogens is 331 g/mol. The number of nitrogens with one attached hydrogen (secondary N) is 1. The van der Waals surface area contributed by atoms with Crippen molar-refractivity contribution in [3.05, 3.63) is 52.3 Å². The van der Waals surface area contributed by atoms with E-state index in [9.17, 15) is 18.0 Å². The molecule has 1 heterocycles. The van der Waals surface area contributed by atoms with Gasteiger partial charge in [-0.25, -0.2) is 13.2 Å². The predicted molar refractivity (Wildman–Crippen MR) is 78.3 cm³/mol. The molecule has 1 saturated carbocycles. The minimum atomic E-state index is -2.87. The monoisotopic (exact) mass is 343 g/mol. The molecule has 4 nitrogen and oxygen atoms in total.